The van der Waals surface area contributed by atoms with Gasteiger partial charge in [0.15, 0.2) is 10.1 Å². The van der Waals surface area contributed by atoms with Crippen molar-refractivity contribution in [1.82, 2.24) is 10.2 Å². The predicted octanol–water partition coefficient (Wildman–Crippen LogP) is 5.38. The number of nitrogens with one attached hydrogen (secondary N) is 1. The Hall–Kier alpha value is -1.93. The number of carbonyl (C=O) groups excluding carboxylic acids is 2. The van der Waals surface area contributed by atoms with E-state index in [0.717, 1.165) is 5.56 Å². The molecule has 0 aliphatic carbocycles. The molecule has 0 saturated heterocycles. The highest BCUT2D eigenvalue weighted by Crippen LogP contribution is 2.27. The summed E-state index contributed by atoms with van der Waals surface area (Å²) in [7, 11) is 0. The fourth-order valence-corrected chi connectivity index (χ4v) is 4.29. The summed E-state index contributed by atoms with van der Waals surface area (Å²) in [6.45, 7) is 1.97. The van der Waals surface area contributed by atoms with Crippen LogP contribution in [0.3, 0.4) is 0 Å². The average Bonchev–Trinajstić information content (AvgIpc) is 3.07. The number of amides is 1. The third kappa shape index (κ3) is 5.52. The van der Waals surface area contributed by atoms with Gasteiger partial charge in [-0.1, -0.05) is 76.1 Å². The number of halogens is 2. The maximum Gasteiger partial charge on any atom is 0.257 e. The molecule has 1 amide bonds. The number of hydrogen-bond donors (Lipinski definition) is 1. The normalized spacial score (nSPS) is 10.6. The van der Waals surface area contributed by atoms with Crippen molar-refractivity contribution in [2.75, 3.05) is 11.1 Å². The van der Waals surface area contributed by atoms with Crippen LogP contribution >= 0.6 is 46.3 Å². The lowest BCUT2D eigenvalue weighted by atomic mass is 10.1. The zero-order chi connectivity index (χ0) is 19.4. The number of nitrogens with zero attached hydrogens (tertiary/aromatic N) is 2. The lowest BCUT2D eigenvalue weighted by molar-refractivity contribution is 0.101. The minimum absolute atomic E-state index is 0.00866. The molecule has 0 spiro atoms. The van der Waals surface area contributed by atoms with Gasteiger partial charge in [-0.2, -0.15) is 0 Å². The van der Waals surface area contributed by atoms with E-state index in [2.05, 4.69) is 15.5 Å². The van der Waals surface area contributed by atoms with E-state index in [4.69, 9.17) is 23.2 Å². The van der Waals surface area contributed by atoms with Crippen LogP contribution in [0.1, 0.15) is 26.3 Å². The van der Waals surface area contributed by atoms with E-state index >= 15 is 0 Å². The lowest BCUT2D eigenvalue weighted by Gasteiger charge is -2.02. The van der Waals surface area contributed by atoms with E-state index in [1.54, 1.807) is 18.2 Å². The van der Waals surface area contributed by atoms with Crippen molar-refractivity contribution in [2.45, 2.75) is 11.3 Å². The minimum Gasteiger partial charge on any atom is -0.296 e. The van der Waals surface area contributed by atoms with Crippen LogP contribution in [0.15, 0.2) is 46.8 Å². The van der Waals surface area contributed by atoms with Crippen molar-refractivity contribution in [3.63, 3.8) is 0 Å². The summed E-state index contributed by atoms with van der Waals surface area (Å²) in [6, 6.07) is 12.0. The van der Waals surface area contributed by atoms with Crippen LogP contribution in [-0.2, 0) is 0 Å². The fourth-order valence-electron chi connectivity index (χ4n) is 2.12. The summed E-state index contributed by atoms with van der Waals surface area (Å²) in [4.78, 5) is 24.5. The van der Waals surface area contributed by atoms with E-state index in [-0.39, 0.29) is 17.4 Å². The zero-order valence-corrected chi connectivity index (χ0v) is 17.2. The molecule has 0 aliphatic rings. The van der Waals surface area contributed by atoms with Crippen LogP contribution in [0.5, 0.6) is 0 Å². The van der Waals surface area contributed by atoms with Crippen LogP contribution in [-0.4, -0.2) is 27.6 Å². The number of rotatable bonds is 6. The Morgan fingerprint density at radius 2 is 1.70 bits per heavy atom. The van der Waals surface area contributed by atoms with Gasteiger partial charge in [-0.25, -0.2) is 0 Å². The number of benzene rings is 2. The minimum atomic E-state index is -0.386. The average molecular weight is 438 g/mol. The number of anilines is 1. The van der Waals surface area contributed by atoms with Crippen molar-refractivity contribution in [1.29, 1.82) is 0 Å². The molecular formula is C18H13Cl2N3O2S2. The van der Waals surface area contributed by atoms with E-state index in [1.165, 1.54) is 35.2 Å². The number of thioether (sulfide) groups is 1. The summed E-state index contributed by atoms with van der Waals surface area (Å²) in [5.41, 5.74) is 2.08. The second-order valence-corrected chi connectivity index (χ2v) is 8.64. The maximum atomic E-state index is 12.3. The van der Waals surface area contributed by atoms with Gasteiger partial charge in [-0.3, -0.25) is 14.9 Å². The zero-order valence-electron chi connectivity index (χ0n) is 14.0. The van der Waals surface area contributed by atoms with Gasteiger partial charge in [0.25, 0.3) is 5.91 Å². The van der Waals surface area contributed by atoms with Crippen molar-refractivity contribution in [3.8, 4) is 0 Å². The number of ketones is 1. The maximum absolute atomic E-state index is 12.3. The molecular weight excluding hydrogens is 425 g/mol. The van der Waals surface area contributed by atoms with Crippen molar-refractivity contribution >= 4 is 63.1 Å². The first kappa shape index (κ1) is 19.8. The number of carbonyl (C=O) groups is 2. The largest absolute Gasteiger partial charge is 0.296 e. The van der Waals surface area contributed by atoms with Crippen molar-refractivity contribution in [2.24, 2.45) is 0 Å². The highest BCUT2D eigenvalue weighted by Gasteiger charge is 2.13. The molecule has 0 bridgehead atoms. The topological polar surface area (TPSA) is 72.0 Å². The second kappa shape index (κ2) is 8.84. The first-order valence-corrected chi connectivity index (χ1v) is 10.3. The van der Waals surface area contributed by atoms with Gasteiger partial charge >= 0.3 is 0 Å². The molecule has 0 saturated carbocycles. The summed E-state index contributed by atoms with van der Waals surface area (Å²) in [6.07, 6.45) is 0. The second-order valence-electron chi connectivity index (χ2n) is 5.56. The summed E-state index contributed by atoms with van der Waals surface area (Å²) in [5, 5.41) is 11.6. The van der Waals surface area contributed by atoms with Gasteiger partial charge < -0.3 is 0 Å². The van der Waals surface area contributed by atoms with Gasteiger partial charge in [0.05, 0.1) is 5.75 Å². The Labute approximate surface area is 174 Å². The molecule has 0 aliphatic heterocycles. The molecule has 27 heavy (non-hydrogen) atoms. The molecule has 1 aromatic heterocycles. The molecule has 1 heterocycles. The van der Waals surface area contributed by atoms with Gasteiger partial charge in [-0.05, 0) is 25.1 Å². The van der Waals surface area contributed by atoms with Crippen molar-refractivity contribution < 1.29 is 9.59 Å². The van der Waals surface area contributed by atoms with Crippen LogP contribution in [0.25, 0.3) is 0 Å². The quantitative estimate of drug-likeness (QED) is 0.318. The first-order valence-electron chi connectivity index (χ1n) is 7.74. The van der Waals surface area contributed by atoms with Gasteiger partial charge in [0.2, 0.25) is 5.13 Å². The van der Waals surface area contributed by atoms with Crippen LogP contribution in [0.2, 0.25) is 10.0 Å². The summed E-state index contributed by atoms with van der Waals surface area (Å²) < 4.78 is 0.592. The summed E-state index contributed by atoms with van der Waals surface area (Å²) in [5.74, 6) is -0.132. The van der Waals surface area contributed by atoms with Gasteiger partial charge in [0.1, 0.15) is 0 Å². The predicted molar refractivity (Wildman–Crippen MR) is 111 cm³/mol. The van der Waals surface area contributed by atoms with E-state index in [1.807, 2.05) is 19.1 Å². The van der Waals surface area contributed by atoms with Crippen LogP contribution in [0, 0.1) is 6.92 Å². The molecule has 5 nitrogen and oxygen atoms in total. The number of aryl methyl sites for hydroxylation is 1. The molecule has 0 atom stereocenters. The standard InChI is InChI=1S/C18H13Cl2N3O2S2/c1-10-2-4-11(5-3-10)15(24)9-26-18-23-22-17(27-18)21-16(25)12-6-13(19)8-14(20)7-12/h2-8H,9H2,1H3,(H,21,22,25). The van der Waals surface area contributed by atoms with E-state index in [9.17, 15) is 9.59 Å². The Kier molecular flexibility index (Phi) is 6.49. The third-order valence-electron chi connectivity index (χ3n) is 3.45. The molecule has 2 aromatic carbocycles. The number of Topliss-reactive ketones (excluding diaryl/α,β-unsaturated/α-hetero) is 1. The van der Waals surface area contributed by atoms with Gasteiger partial charge in [0, 0.05) is 21.2 Å². The van der Waals surface area contributed by atoms with Crippen LogP contribution in [0.4, 0.5) is 5.13 Å². The monoisotopic (exact) mass is 437 g/mol. The SMILES string of the molecule is Cc1ccc(C(=O)CSc2nnc(NC(=O)c3cc(Cl)cc(Cl)c3)s2)cc1. The smallest absolute Gasteiger partial charge is 0.257 e. The Balaban J connectivity index is 1.58. The molecule has 9 heteroatoms. The molecule has 3 aromatic rings. The number of hydrogen-bond acceptors (Lipinski definition) is 6. The molecule has 3 rings (SSSR count). The fraction of sp³-hybridized carbons (Fsp3) is 0.111. The number of aromatic nitrogens is 2. The van der Waals surface area contributed by atoms with E-state index in [0.29, 0.717) is 30.6 Å². The molecule has 0 unspecified atom stereocenters. The highest BCUT2D eigenvalue weighted by molar-refractivity contribution is 8.01. The van der Waals surface area contributed by atoms with Crippen LogP contribution < -0.4 is 5.32 Å². The Bertz CT molecular complexity index is 970. The van der Waals surface area contributed by atoms with Gasteiger partial charge in [-0.15, -0.1) is 10.2 Å². The molecule has 0 fully saturated rings. The van der Waals surface area contributed by atoms with Crippen molar-refractivity contribution in [3.05, 3.63) is 69.2 Å². The Morgan fingerprint density at radius 3 is 2.37 bits per heavy atom. The van der Waals surface area contributed by atoms with E-state index < -0.39 is 0 Å². The first-order chi connectivity index (χ1) is 12.9. The molecule has 1 N–H and O–H groups in total. The summed E-state index contributed by atoms with van der Waals surface area (Å²) >= 11 is 14.3. The lowest BCUT2D eigenvalue weighted by Crippen LogP contribution is -2.11. The molecule has 0 radical (unpaired) electrons. The Morgan fingerprint density at radius 1 is 1.04 bits per heavy atom. The molecule has 138 valence electrons. The third-order valence-corrected chi connectivity index (χ3v) is 5.86. The highest BCUT2D eigenvalue weighted by atomic mass is 35.5.